The summed E-state index contributed by atoms with van der Waals surface area (Å²) in [5.74, 6) is 1.25. The topological polar surface area (TPSA) is 112 Å². The van der Waals surface area contributed by atoms with E-state index in [0.717, 1.165) is 10.5 Å². The van der Waals surface area contributed by atoms with E-state index in [1.54, 1.807) is 70.2 Å². The van der Waals surface area contributed by atoms with Gasteiger partial charge >= 0.3 is 6.09 Å². The summed E-state index contributed by atoms with van der Waals surface area (Å²) < 4.78 is 5.15. The van der Waals surface area contributed by atoms with E-state index in [4.69, 9.17) is 22.8 Å². The number of ether oxygens (including phenoxy) is 1. The molecule has 0 spiro atoms. The summed E-state index contributed by atoms with van der Waals surface area (Å²) in [7, 11) is 0. The van der Waals surface area contributed by atoms with Crippen LogP contribution in [0.5, 0.6) is 0 Å². The molecule has 0 saturated carbocycles. The Morgan fingerprint density at radius 3 is 2.37 bits per heavy atom. The minimum Gasteiger partial charge on any atom is -0.444 e. The molecule has 0 saturated heterocycles. The molecule has 2 aromatic rings. The number of benzene rings is 2. The number of hydrogen-bond acceptors (Lipinski definition) is 5. The highest BCUT2D eigenvalue weighted by Gasteiger charge is 2.32. The van der Waals surface area contributed by atoms with Crippen molar-refractivity contribution in [1.82, 2.24) is 10.2 Å². The predicted octanol–water partition coefficient (Wildman–Crippen LogP) is 4.19. The van der Waals surface area contributed by atoms with Gasteiger partial charge in [0.15, 0.2) is 0 Å². The van der Waals surface area contributed by atoms with Crippen LogP contribution in [0.4, 0.5) is 10.5 Å². The van der Waals surface area contributed by atoms with Gasteiger partial charge in [0.2, 0.25) is 5.91 Å². The Kier molecular flexibility index (Phi) is 9.27. The van der Waals surface area contributed by atoms with Crippen molar-refractivity contribution in [3.63, 3.8) is 0 Å². The van der Waals surface area contributed by atoms with Crippen LogP contribution in [0.3, 0.4) is 0 Å². The zero-order chi connectivity index (χ0) is 26.2. The Balaban J connectivity index is 2.40. The van der Waals surface area contributed by atoms with Gasteiger partial charge < -0.3 is 20.3 Å². The number of amides is 3. The molecule has 1 atom stereocenters. The highest BCUT2D eigenvalue weighted by Crippen LogP contribution is 2.29. The number of carbonyl (C=O) groups is 3. The van der Waals surface area contributed by atoms with E-state index in [1.165, 1.54) is 0 Å². The second kappa shape index (κ2) is 11.9. The van der Waals surface area contributed by atoms with Gasteiger partial charge in [0.1, 0.15) is 24.7 Å². The summed E-state index contributed by atoms with van der Waals surface area (Å²) in [5, 5.41) is 14.9. The van der Waals surface area contributed by atoms with E-state index in [1.807, 2.05) is 6.07 Å². The number of carbonyl (C=O) groups excluding carboxylic acids is 3. The average Bonchev–Trinajstić information content (AvgIpc) is 2.79. The van der Waals surface area contributed by atoms with Crippen LogP contribution >= 0.6 is 11.6 Å². The fraction of sp³-hybridized carbons (Fsp3) is 0.308. The van der Waals surface area contributed by atoms with Crippen LogP contribution < -0.4 is 10.6 Å². The predicted molar refractivity (Wildman–Crippen MR) is 133 cm³/mol. The lowest BCUT2D eigenvalue weighted by atomic mass is 10.0. The van der Waals surface area contributed by atoms with E-state index in [9.17, 15) is 19.6 Å². The van der Waals surface area contributed by atoms with Gasteiger partial charge in [-0.1, -0.05) is 41.8 Å². The number of anilines is 1. The van der Waals surface area contributed by atoms with Crippen molar-refractivity contribution in [1.29, 1.82) is 5.26 Å². The Morgan fingerprint density at radius 1 is 1.17 bits per heavy atom. The number of halogens is 1. The standard InChI is InChI=1S/C26H27ClN4O4/c1-6-18-10-12-19(13-11-18)23(24(33)30-22-17(2)8-7-9-20(22)27)31(15-14-28)21(32)16-29-25(34)35-26(3,4)5/h1,7-13,23H,15-16H2,2-5H3,(H,29,34)(H,30,33). The fourth-order valence-electron chi connectivity index (χ4n) is 3.18. The first-order chi connectivity index (χ1) is 16.5. The maximum Gasteiger partial charge on any atom is 0.408 e. The minimum atomic E-state index is -1.20. The molecule has 8 nitrogen and oxygen atoms in total. The lowest BCUT2D eigenvalue weighted by Gasteiger charge is -2.30. The van der Waals surface area contributed by atoms with E-state index in [0.29, 0.717) is 21.8 Å². The van der Waals surface area contributed by atoms with Gasteiger partial charge in [-0.25, -0.2) is 4.79 Å². The van der Waals surface area contributed by atoms with Crippen LogP contribution in [0.25, 0.3) is 0 Å². The largest absolute Gasteiger partial charge is 0.444 e. The number of aryl methyl sites for hydroxylation is 1. The van der Waals surface area contributed by atoms with Gasteiger partial charge in [-0.2, -0.15) is 5.26 Å². The van der Waals surface area contributed by atoms with Crippen molar-refractivity contribution in [2.24, 2.45) is 0 Å². The molecule has 0 bridgehead atoms. The second-order valence-corrected chi connectivity index (χ2v) is 9.03. The SMILES string of the molecule is C#Cc1ccc(C(C(=O)Nc2c(C)cccc2Cl)N(CC#N)C(=O)CNC(=O)OC(C)(C)C)cc1. The van der Waals surface area contributed by atoms with Crippen LogP contribution in [0.1, 0.15) is 43.5 Å². The molecule has 0 radical (unpaired) electrons. The van der Waals surface area contributed by atoms with Crippen molar-refractivity contribution in [2.45, 2.75) is 39.3 Å². The van der Waals surface area contributed by atoms with Crippen molar-refractivity contribution in [3.8, 4) is 18.4 Å². The zero-order valence-electron chi connectivity index (χ0n) is 20.0. The minimum absolute atomic E-state index is 0.324. The molecule has 0 heterocycles. The number of para-hydroxylation sites is 1. The normalized spacial score (nSPS) is 11.4. The molecular formula is C26H27ClN4O4. The third-order valence-corrected chi connectivity index (χ3v) is 5.08. The number of rotatable bonds is 7. The Bertz CT molecular complexity index is 1150. The van der Waals surface area contributed by atoms with E-state index in [2.05, 4.69) is 16.6 Å². The molecule has 0 fully saturated rings. The number of terminal acetylenes is 1. The molecule has 0 aliphatic carbocycles. The van der Waals surface area contributed by atoms with Crippen LogP contribution in [0, 0.1) is 30.6 Å². The van der Waals surface area contributed by atoms with Crippen LogP contribution in [0.2, 0.25) is 5.02 Å². The summed E-state index contributed by atoms with van der Waals surface area (Å²) in [4.78, 5) is 39.7. The molecule has 35 heavy (non-hydrogen) atoms. The maximum absolute atomic E-state index is 13.5. The van der Waals surface area contributed by atoms with Crippen molar-refractivity contribution in [3.05, 3.63) is 64.2 Å². The Hall–Kier alpha value is -4.01. The van der Waals surface area contributed by atoms with Gasteiger partial charge in [-0.15, -0.1) is 6.42 Å². The van der Waals surface area contributed by atoms with Crippen molar-refractivity contribution >= 4 is 35.2 Å². The first kappa shape index (κ1) is 27.2. The quantitative estimate of drug-likeness (QED) is 0.443. The molecule has 0 aliphatic heterocycles. The van der Waals surface area contributed by atoms with Gasteiger partial charge in [0.25, 0.3) is 5.91 Å². The van der Waals surface area contributed by atoms with Crippen LogP contribution in [-0.4, -0.2) is 41.5 Å². The molecule has 0 aliphatic rings. The summed E-state index contributed by atoms with van der Waals surface area (Å²) in [6.07, 6.45) is 4.64. The molecular weight excluding hydrogens is 468 g/mol. The van der Waals surface area contributed by atoms with Gasteiger partial charge in [-0.3, -0.25) is 9.59 Å². The number of alkyl carbamates (subject to hydrolysis) is 1. The average molecular weight is 495 g/mol. The first-order valence-corrected chi connectivity index (χ1v) is 11.1. The van der Waals surface area contributed by atoms with Crippen LogP contribution in [0.15, 0.2) is 42.5 Å². The molecule has 2 rings (SSSR count). The molecule has 2 N–H and O–H groups in total. The number of hydrogen-bond donors (Lipinski definition) is 2. The summed E-state index contributed by atoms with van der Waals surface area (Å²) in [6, 6.07) is 12.3. The van der Waals surface area contributed by atoms with Gasteiger partial charge in [-0.05, 0) is 57.0 Å². The summed E-state index contributed by atoms with van der Waals surface area (Å²) in [5.41, 5.74) is 1.36. The van der Waals surface area contributed by atoms with Crippen LogP contribution in [-0.2, 0) is 14.3 Å². The first-order valence-electron chi connectivity index (χ1n) is 10.7. The third-order valence-electron chi connectivity index (χ3n) is 4.77. The summed E-state index contributed by atoms with van der Waals surface area (Å²) >= 11 is 6.27. The lowest BCUT2D eigenvalue weighted by Crippen LogP contribution is -2.46. The number of nitrogens with zero attached hydrogens (tertiary/aromatic N) is 2. The highest BCUT2D eigenvalue weighted by molar-refractivity contribution is 6.34. The molecule has 0 aromatic heterocycles. The smallest absolute Gasteiger partial charge is 0.408 e. The Morgan fingerprint density at radius 2 is 1.83 bits per heavy atom. The van der Waals surface area contributed by atoms with E-state index >= 15 is 0 Å². The second-order valence-electron chi connectivity index (χ2n) is 8.63. The van der Waals surface area contributed by atoms with E-state index in [-0.39, 0.29) is 0 Å². The van der Waals surface area contributed by atoms with Gasteiger partial charge in [0, 0.05) is 5.56 Å². The molecule has 9 heteroatoms. The molecule has 2 aromatic carbocycles. The van der Waals surface area contributed by atoms with Crippen molar-refractivity contribution < 1.29 is 19.1 Å². The fourth-order valence-corrected chi connectivity index (χ4v) is 3.45. The third kappa shape index (κ3) is 7.77. The summed E-state index contributed by atoms with van der Waals surface area (Å²) in [6.45, 7) is 5.95. The molecule has 1 unspecified atom stereocenters. The molecule has 182 valence electrons. The number of nitrogens with one attached hydrogen (secondary N) is 2. The molecule has 3 amide bonds. The van der Waals surface area contributed by atoms with E-state index < -0.39 is 42.6 Å². The lowest BCUT2D eigenvalue weighted by molar-refractivity contribution is -0.137. The Labute approximate surface area is 210 Å². The van der Waals surface area contributed by atoms with Gasteiger partial charge in [0.05, 0.1) is 16.8 Å². The zero-order valence-corrected chi connectivity index (χ0v) is 20.8. The van der Waals surface area contributed by atoms with Crippen molar-refractivity contribution in [2.75, 3.05) is 18.4 Å². The monoisotopic (exact) mass is 494 g/mol. The highest BCUT2D eigenvalue weighted by atomic mass is 35.5. The number of nitriles is 1. The maximum atomic E-state index is 13.5.